The van der Waals surface area contributed by atoms with Crippen LogP contribution in [0.4, 0.5) is 11.4 Å². The molecule has 0 heterocycles. The van der Waals surface area contributed by atoms with E-state index in [-0.39, 0.29) is 16.5 Å². The first-order chi connectivity index (χ1) is 22.2. The van der Waals surface area contributed by atoms with Crippen LogP contribution >= 0.6 is 0 Å². The van der Waals surface area contributed by atoms with E-state index in [9.17, 15) is 0 Å². The van der Waals surface area contributed by atoms with Gasteiger partial charge in [-0.05, 0) is 74.4 Å². The summed E-state index contributed by atoms with van der Waals surface area (Å²) >= 11 is 0. The van der Waals surface area contributed by atoms with Crippen molar-refractivity contribution in [2.45, 2.75) is 188 Å². The van der Waals surface area contributed by atoms with Crippen molar-refractivity contribution >= 4 is 22.8 Å². The van der Waals surface area contributed by atoms with Crippen LogP contribution in [0.2, 0.25) is 0 Å². The van der Waals surface area contributed by atoms with Crippen molar-refractivity contribution in [1.82, 2.24) is 0 Å². The van der Waals surface area contributed by atoms with Gasteiger partial charge in [0.15, 0.2) is 0 Å². The van der Waals surface area contributed by atoms with Crippen LogP contribution in [0.1, 0.15) is 187 Å². The van der Waals surface area contributed by atoms with Crippen LogP contribution in [0.15, 0.2) is 58.5 Å². The molecule has 0 aromatic heterocycles. The fourth-order valence-corrected chi connectivity index (χ4v) is 6.29. The molecule has 2 nitrogen and oxygen atoms in total. The van der Waals surface area contributed by atoms with Crippen LogP contribution in [0, 0.1) is 0 Å². The van der Waals surface area contributed by atoms with E-state index in [2.05, 4.69) is 76.2 Å². The van der Waals surface area contributed by atoms with E-state index in [4.69, 9.17) is 9.98 Å². The molecule has 0 aliphatic rings. The molecule has 2 aromatic rings. The van der Waals surface area contributed by atoms with Crippen molar-refractivity contribution in [3.63, 3.8) is 0 Å². The van der Waals surface area contributed by atoms with Gasteiger partial charge in [0.25, 0.3) is 0 Å². The van der Waals surface area contributed by atoms with Gasteiger partial charge in [0.05, 0.1) is 22.8 Å². The van der Waals surface area contributed by atoms with Crippen LogP contribution in [0.5, 0.6) is 0 Å². The molecule has 3 heteroatoms. The third-order valence-corrected chi connectivity index (χ3v) is 9.32. The molecule has 2 aromatic carbocycles. The maximum Gasteiger partial charge on any atom is 0.0633 e. The minimum atomic E-state index is 0. The topological polar surface area (TPSA) is 24.7 Å². The van der Waals surface area contributed by atoms with Crippen LogP contribution in [0.25, 0.3) is 0 Å². The van der Waals surface area contributed by atoms with E-state index in [1.54, 1.807) is 0 Å². The maximum absolute atomic E-state index is 4.97. The Morgan fingerprint density at radius 2 is 0.717 bits per heavy atom. The molecule has 0 saturated heterocycles. The first-order valence-corrected chi connectivity index (χ1v) is 19.5. The predicted molar refractivity (Wildman–Crippen MR) is 203 cm³/mol. The summed E-state index contributed by atoms with van der Waals surface area (Å²) in [4.78, 5) is 9.90. The Bertz CT molecular complexity index is 1020. The second-order valence-electron chi connectivity index (χ2n) is 13.5. The standard InChI is InChI=1S/C43H70N2.Ni/c1-5-8-10-12-14-16-18-20-22-24-26-28-39-30-34-41(35-31-39)44-38(4)43(7-3)45-42-36-32-40(33-37-42)29-27-25-23-21-19-17-15-13-11-9-6-2;/h30-37H,5-29H2,1-4H3;/b44-38+,45-43+;. The van der Waals surface area contributed by atoms with Gasteiger partial charge in [-0.3, -0.25) is 9.98 Å². The molecular weight excluding hydrogens is 603 g/mol. The van der Waals surface area contributed by atoms with Crippen molar-refractivity contribution in [3.05, 3.63) is 59.7 Å². The van der Waals surface area contributed by atoms with E-state index in [1.807, 2.05) is 0 Å². The Morgan fingerprint density at radius 3 is 1.04 bits per heavy atom. The summed E-state index contributed by atoms with van der Waals surface area (Å²) in [6.07, 6.45) is 34.0. The molecule has 0 bridgehead atoms. The van der Waals surface area contributed by atoms with Gasteiger partial charge in [-0.1, -0.05) is 173 Å². The van der Waals surface area contributed by atoms with Gasteiger partial charge in [0.2, 0.25) is 0 Å². The molecule has 0 spiro atoms. The van der Waals surface area contributed by atoms with Crippen molar-refractivity contribution in [2.24, 2.45) is 9.98 Å². The number of aryl methyl sites for hydroxylation is 2. The number of hydrogen-bond donors (Lipinski definition) is 0. The van der Waals surface area contributed by atoms with E-state index in [1.165, 1.54) is 165 Å². The minimum absolute atomic E-state index is 0. The molecule has 0 saturated carbocycles. The first-order valence-electron chi connectivity index (χ1n) is 19.5. The SMILES string of the molecule is CCCCCCCCCCCCCc1ccc(/N=C(C)/C(CC)=N/c2ccc(CCCCCCCCCCCCC)cc2)cc1.[Ni]. The summed E-state index contributed by atoms with van der Waals surface area (Å²) in [7, 11) is 0. The first kappa shape index (κ1) is 42.3. The molecule has 0 N–H and O–H groups in total. The van der Waals surface area contributed by atoms with Crippen molar-refractivity contribution in [2.75, 3.05) is 0 Å². The zero-order valence-corrected chi connectivity index (χ0v) is 31.5. The van der Waals surface area contributed by atoms with E-state index >= 15 is 0 Å². The number of rotatable bonds is 28. The Balaban J connectivity index is 0.0000106. The summed E-state index contributed by atoms with van der Waals surface area (Å²) < 4.78 is 0. The van der Waals surface area contributed by atoms with Crippen molar-refractivity contribution < 1.29 is 16.5 Å². The number of nitrogens with zero attached hydrogens (tertiary/aromatic N) is 2. The van der Waals surface area contributed by atoms with Crippen LogP contribution in [-0.2, 0) is 29.3 Å². The molecular formula is C43H70N2Ni. The molecule has 0 atom stereocenters. The Morgan fingerprint density at radius 1 is 0.413 bits per heavy atom. The van der Waals surface area contributed by atoms with Gasteiger partial charge in [-0.25, -0.2) is 0 Å². The van der Waals surface area contributed by atoms with Crippen molar-refractivity contribution in [3.8, 4) is 0 Å². The molecule has 262 valence electrons. The summed E-state index contributed by atoms with van der Waals surface area (Å²) in [5.74, 6) is 0. The Labute approximate surface area is 296 Å². The largest absolute Gasteiger partial charge is 0.252 e. The van der Waals surface area contributed by atoms with Gasteiger partial charge < -0.3 is 0 Å². The predicted octanol–water partition coefficient (Wildman–Crippen LogP) is 14.7. The molecule has 46 heavy (non-hydrogen) atoms. The number of hydrogen-bond acceptors (Lipinski definition) is 2. The smallest absolute Gasteiger partial charge is 0.0633 e. The third-order valence-electron chi connectivity index (χ3n) is 9.32. The second kappa shape index (κ2) is 29.4. The molecule has 0 amide bonds. The average molecular weight is 674 g/mol. The van der Waals surface area contributed by atoms with Crippen LogP contribution < -0.4 is 0 Å². The Kier molecular flexibility index (Phi) is 27.0. The summed E-state index contributed by atoms with van der Waals surface area (Å²) in [6.45, 7) is 8.86. The van der Waals surface area contributed by atoms with E-state index < -0.39 is 0 Å². The average Bonchev–Trinajstić information content (AvgIpc) is 3.06. The zero-order valence-electron chi connectivity index (χ0n) is 30.5. The number of unbranched alkanes of at least 4 members (excludes halogenated alkanes) is 20. The van der Waals surface area contributed by atoms with Gasteiger partial charge in [-0.2, -0.15) is 0 Å². The van der Waals surface area contributed by atoms with Crippen LogP contribution in [0.3, 0.4) is 0 Å². The second-order valence-corrected chi connectivity index (χ2v) is 13.5. The third kappa shape index (κ3) is 21.2. The fourth-order valence-electron chi connectivity index (χ4n) is 6.29. The summed E-state index contributed by atoms with van der Waals surface area (Å²) in [6, 6.07) is 17.8. The van der Waals surface area contributed by atoms with Crippen molar-refractivity contribution in [1.29, 1.82) is 0 Å². The van der Waals surface area contributed by atoms with Gasteiger partial charge in [0, 0.05) is 16.5 Å². The van der Waals surface area contributed by atoms with E-state index in [0.717, 1.165) is 29.2 Å². The number of aliphatic imine (C=N–C) groups is 2. The molecule has 0 unspecified atom stereocenters. The quantitative estimate of drug-likeness (QED) is 0.0488. The van der Waals surface area contributed by atoms with Gasteiger partial charge in [-0.15, -0.1) is 0 Å². The summed E-state index contributed by atoms with van der Waals surface area (Å²) in [5, 5.41) is 0. The Hall–Kier alpha value is -1.73. The monoisotopic (exact) mass is 672 g/mol. The molecule has 0 radical (unpaired) electrons. The fraction of sp³-hybridized carbons (Fsp3) is 0.674. The maximum atomic E-state index is 4.97. The molecule has 0 fully saturated rings. The normalized spacial score (nSPS) is 12.0. The minimum Gasteiger partial charge on any atom is -0.252 e. The number of benzene rings is 2. The van der Waals surface area contributed by atoms with Crippen LogP contribution in [-0.4, -0.2) is 11.4 Å². The van der Waals surface area contributed by atoms with Gasteiger partial charge >= 0.3 is 0 Å². The summed E-state index contributed by atoms with van der Waals surface area (Å²) in [5.41, 5.74) is 7.01. The molecule has 0 aliphatic heterocycles. The van der Waals surface area contributed by atoms with Gasteiger partial charge in [0.1, 0.15) is 0 Å². The zero-order chi connectivity index (χ0) is 32.2. The molecule has 0 aliphatic carbocycles. The van der Waals surface area contributed by atoms with E-state index in [0.29, 0.717) is 0 Å². The molecule has 2 rings (SSSR count).